The summed E-state index contributed by atoms with van der Waals surface area (Å²) in [6.07, 6.45) is -0.823. The van der Waals surface area contributed by atoms with E-state index in [1.165, 1.54) is 6.07 Å². The average Bonchev–Trinajstić information content (AvgIpc) is 2.13. The van der Waals surface area contributed by atoms with Crippen molar-refractivity contribution in [1.29, 1.82) is 0 Å². The molecular formula is C11H14N2O5. The highest BCUT2D eigenvalue weighted by Crippen LogP contribution is 2.28. The number of phenols is 1. The number of nitro groups is 1. The molecule has 0 saturated heterocycles. The van der Waals surface area contributed by atoms with Gasteiger partial charge in [0.05, 0.1) is 4.92 Å². The SMILES string of the molecule is CC(C)(C)OC(=O)Nc1cc(O)ccc1[N+](=O)[O-]. The molecule has 0 aliphatic carbocycles. The molecule has 1 rings (SSSR count). The Morgan fingerprint density at radius 1 is 1.44 bits per heavy atom. The molecule has 0 fully saturated rings. The Balaban J connectivity index is 2.93. The summed E-state index contributed by atoms with van der Waals surface area (Å²) in [5, 5.41) is 22.2. The molecule has 0 heterocycles. The number of anilines is 1. The highest BCUT2D eigenvalue weighted by molar-refractivity contribution is 5.88. The molecule has 1 aromatic carbocycles. The number of phenolic OH excluding ortho intramolecular Hbond substituents is 1. The second-order valence-electron chi connectivity index (χ2n) is 4.59. The maximum atomic E-state index is 11.5. The number of carbonyl (C=O) groups is 1. The van der Waals surface area contributed by atoms with Crippen LogP contribution in [0.5, 0.6) is 5.75 Å². The minimum absolute atomic E-state index is 0.116. The lowest BCUT2D eigenvalue weighted by Gasteiger charge is -2.19. The van der Waals surface area contributed by atoms with Gasteiger partial charge in [0.2, 0.25) is 0 Å². The van der Waals surface area contributed by atoms with E-state index in [9.17, 15) is 20.0 Å². The van der Waals surface area contributed by atoms with Crippen LogP contribution in [0.25, 0.3) is 0 Å². The summed E-state index contributed by atoms with van der Waals surface area (Å²) in [7, 11) is 0. The molecular weight excluding hydrogens is 240 g/mol. The van der Waals surface area contributed by atoms with Crippen molar-refractivity contribution in [2.24, 2.45) is 0 Å². The van der Waals surface area contributed by atoms with Gasteiger partial charge in [-0.3, -0.25) is 15.4 Å². The fourth-order valence-electron chi connectivity index (χ4n) is 1.20. The van der Waals surface area contributed by atoms with Gasteiger partial charge in [0.1, 0.15) is 17.0 Å². The number of ether oxygens (including phenoxy) is 1. The Hall–Kier alpha value is -2.31. The largest absolute Gasteiger partial charge is 0.508 e. The Morgan fingerprint density at radius 2 is 2.06 bits per heavy atom. The van der Waals surface area contributed by atoms with E-state index < -0.39 is 16.6 Å². The molecule has 7 nitrogen and oxygen atoms in total. The minimum Gasteiger partial charge on any atom is -0.508 e. The van der Waals surface area contributed by atoms with Gasteiger partial charge in [-0.25, -0.2) is 4.79 Å². The van der Waals surface area contributed by atoms with Crippen LogP contribution in [0.2, 0.25) is 0 Å². The summed E-state index contributed by atoms with van der Waals surface area (Å²) in [5.41, 5.74) is -1.15. The number of hydrogen-bond acceptors (Lipinski definition) is 5. The summed E-state index contributed by atoms with van der Waals surface area (Å²) in [6, 6.07) is 3.35. The van der Waals surface area contributed by atoms with E-state index in [-0.39, 0.29) is 17.1 Å². The number of nitro benzene ring substituents is 1. The quantitative estimate of drug-likeness (QED) is 0.624. The highest BCUT2D eigenvalue weighted by atomic mass is 16.6. The lowest BCUT2D eigenvalue weighted by atomic mass is 10.2. The van der Waals surface area contributed by atoms with Crippen molar-refractivity contribution in [2.45, 2.75) is 26.4 Å². The predicted molar refractivity (Wildman–Crippen MR) is 64.6 cm³/mol. The number of nitrogens with zero attached hydrogens (tertiary/aromatic N) is 1. The minimum atomic E-state index is -0.823. The molecule has 0 aliphatic heterocycles. The van der Waals surface area contributed by atoms with Gasteiger partial charge in [0.25, 0.3) is 5.69 Å². The van der Waals surface area contributed by atoms with Crippen molar-refractivity contribution < 1.29 is 19.6 Å². The van der Waals surface area contributed by atoms with E-state index in [2.05, 4.69) is 5.32 Å². The topological polar surface area (TPSA) is 102 Å². The summed E-state index contributed by atoms with van der Waals surface area (Å²) in [5.74, 6) is -0.188. The Bertz CT molecular complexity index is 479. The van der Waals surface area contributed by atoms with Crippen molar-refractivity contribution >= 4 is 17.5 Å². The first-order valence-electron chi connectivity index (χ1n) is 5.16. The van der Waals surface area contributed by atoms with Gasteiger partial charge in [-0.2, -0.15) is 0 Å². The lowest BCUT2D eigenvalue weighted by molar-refractivity contribution is -0.383. The third kappa shape index (κ3) is 3.93. The molecule has 0 atom stereocenters. The van der Waals surface area contributed by atoms with Crippen LogP contribution >= 0.6 is 0 Å². The maximum absolute atomic E-state index is 11.5. The zero-order chi connectivity index (χ0) is 13.9. The molecule has 7 heteroatoms. The van der Waals surface area contributed by atoms with Gasteiger partial charge in [0.15, 0.2) is 0 Å². The second kappa shape index (κ2) is 4.91. The molecule has 0 aromatic heterocycles. The third-order valence-electron chi connectivity index (χ3n) is 1.81. The van der Waals surface area contributed by atoms with Crippen molar-refractivity contribution in [3.8, 4) is 5.75 Å². The van der Waals surface area contributed by atoms with Crippen molar-refractivity contribution in [3.05, 3.63) is 28.3 Å². The van der Waals surface area contributed by atoms with Crippen molar-refractivity contribution in [1.82, 2.24) is 0 Å². The lowest BCUT2D eigenvalue weighted by Crippen LogP contribution is -2.27. The first-order chi connectivity index (χ1) is 8.19. The van der Waals surface area contributed by atoms with Gasteiger partial charge in [-0.15, -0.1) is 0 Å². The van der Waals surface area contributed by atoms with Crippen LogP contribution in [0.15, 0.2) is 18.2 Å². The Morgan fingerprint density at radius 3 is 2.56 bits per heavy atom. The van der Waals surface area contributed by atoms with Gasteiger partial charge < -0.3 is 9.84 Å². The number of carbonyl (C=O) groups excluding carboxylic acids is 1. The average molecular weight is 254 g/mol. The van der Waals surface area contributed by atoms with Gasteiger partial charge in [-0.1, -0.05) is 0 Å². The standard InChI is InChI=1S/C11H14N2O5/c1-11(2,3)18-10(15)12-8-6-7(14)4-5-9(8)13(16)17/h4-6,14H,1-3H3,(H,12,15). The fraction of sp³-hybridized carbons (Fsp3) is 0.364. The molecule has 0 saturated carbocycles. The molecule has 0 bridgehead atoms. The Kier molecular flexibility index (Phi) is 3.75. The smallest absolute Gasteiger partial charge is 0.412 e. The van der Waals surface area contributed by atoms with Crippen LogP contribution in [0, 0.1) is 10.1 Å². The number of nitrogens with one attached hydrogen (secondary N) is 1. The summed E-state index contributed by atoms with van der Waals surface area (Å²) < 4.78 is 4.96. The molecule has 0 unspecified atom stereocenters. The zero-order valence-electron chi connectivity index (χ0n) is 10.3. The number of aromatic hydroxyl groups is 1. The summed E-state index contributed by atoms with van der Waals surface area (Å²) >= 11 is 0. The first kappa shape index (κ1) is 13.8. The molecule has 1 amide bonds. The molecule has 1 aromatic rings. The number of hydrogen-bond donors (Lipinski definition) is 2. The third-order valence-corrected chi connectivity index (χ3v) is 1.81. The van der Waals surface area contributed by atoms with Crippen LogP contribution < -0.4 is 5.32 Å². The molecule has 2 N–H and O–H groups in total. The van der Waals surface area contributed by atoms with Crippen LogP contribution in [0.1, 0.15) is 20.8 Å². The monoisotopic (exact) mass is 254 g/mol. The highest BCUT2D eigenvalue weighted by Gasteiger charge is 2.20. The van der Waals surface area contributed by atoms with Crippen LogP contribution in [-0.4, -0.2) is 21.7 Å². The van der Waals surface area contributed by atoms with Crippen LogP contribution in [0.3, 0.4) is 0 Å². The van der Waals surface area contributed by atoms with E-state index in [1.54, 1.807) is 20.8 Å². The van der Waals surface area contributed by atoms with E-state index in [0.29, 0.717) is 0 Å². The van der Waals surface area contributed by atoms with E-state index >= 15 is 0 Å². The van der Waals surface area contributed by atoms with E-state index in [4.69, 9.17) is 4.74 Å². The Labute approximate surface area is 104 Å². The van der Waals surface area contributed by atoms with Crippen LogP contribution in [-0.2, 0) is 4.74 Å². The normalized spacial score (nSPS) is 10.8. The second-order valence-corrected chi connectivity index (χ2v) is 4.59. The van der Waals surface area contributed by atoms with Crippen molar-refractivity contribution in [3.63, 3.8) is 0 Å². The van der Waals surface area contributed by atoms with E-state index in [0.717, 1.165) is 12.1 Å². The van der Waals surface area contributed by atoms with Gasteiger partial charge in [-0.05, 0) is 26.8 Å². The van der Waals surface area contributed by atoms with Gasteiger partial charge in [0, 0.05) is 12.1 Å². The molecule has 18 heavy (non-hydrogen) atoms. The first-order valence-corrected chi connectivity index (χ1v) is 5.16. The molecule has 0 aliphatic rings. The number of amides is 1. The predicted octanol–water partition coefficient (Wildman–Crippen LogP) is 2.65. The number of rotatable bonds is 2. The maximum Gasteiger partial charge on any atom is 0.412 e. The van der Waals surface area contributed by atoms with Crippen molar-refractivity contribution in [2.75, 3.05) is 5.32 Å². The number of benzene rings is 1. The summed E-state index contributed by atoms with van der Waals surface area (Å²) in [6.45, 7) is 5.01. The zero-order valence-corrected chi connectivity index (χ0v) is 10.3. The molecule has 98 valence electrons. The molecule has 0 radical (unpaired) electrons. The fourth-order valence-corrected chi connectivity index (χ4v) is 1.20. The van der Waals surface area contributed by atoms with Crippen LogP contribution in [0.4, 0.5) is 16.2 Å². The summed E-state index contributed by atoms with van der Waals surface area (Å²) in [4.78, 5) is 21.5. The van der Waals surface area contributed by atoms with Gasteiger partial charge >= 0.3 is 6.09 Å². The molecule has 0 spiro atoms. The van der Waals surface area contributed by atoms with E-state index in [1.807, 2.05) is 0 Å².